The quantitative estimate of drug-likeness (QED) is 0.595. The van der Waals surface area contributed by atoms with Crippen LogP contribution in [0.2, 0.25) is 0 Å². The Balaban J connectivity index is 3.20. The Bertz CT molecular complexity index is 380. The minimum Gasteiger partial charge on any atom is -0.465 e. The van der Waals surface area contributed by atoms with Crippen LogP contribution < -0.4 is 0 Å². The zero-order chi connectivity index (χ0) is 12.1. The van der Waals surface area contributed by atoms with Gasteiger partial charge in [0, 0.05) is 0 Å². The number of carbonyl (C=O) groups is 2. The van der Waals surface area contributed by atoms with Gasteiger partial charge < -0.3 is 9.47 Å². The summed E-state index contributed by atoms with van der Waals surface area (Å²) in [5.41, 5.74) is 1.55. The van der Waals surface area contributed by atoms with Crippen molar-refractivity contribution >= 4 is 21.2 Å². The maximum atomic E-state index is 11.4. The van der Waals surface area contributed by atoms with E-state index in [-0.39, 0.29) is 0 Å². The third-order valence-corrected chi connectivity index (χ3v) is 2.54. The topological polar surface area (TPSA) is 52.6 Å². The van der Waals surface area contributed by atoms with Gasteiger partial charge >= 0.3 is 11.9 Å². The van der Waals surface area contributed by atoms with Crippen molar-refractivity contribution in [1.29, 1.82) is 0 Å². The number of esters is 2. The first-order valence-electron chi connectivity index (χ1n) is 4.63. The SMILES string of the molecule is COC(=O)c1cc(CP)cc(C(=O)OC)c1. The van der Waals surface area contributed by atoms with Crippen LogP contribution in [0.25, 0.3) is 0 Å². The highest BCUT2D eigenvalue weighted by molar-refractivity contribution is 7.15. The molecule has 0 radical (unpaired) electrons. The number of benzene rings is 1. The monoisotopic (exact) mass is 240 g/mol. The average molecular weight is 240 g/mol. The van der Waals surface area contributed by atoms with Crippen LogP contribution in [0, 0.1) is 0 Å². The molecule has 0 fully saturated rings. The lowest BCUT2D eigenvalue weighted by molar-refractivity contribution is 0.0599. The van der Waals surface area contributed by atoms with Gasteiger partial charge in [-0.25, -0.2) is 9.59 Å². The Morgan fingerprint density at radius 1 is 1.06 bits per heavy atom. The van der Waals surface area contributed by atoms with Gasteiger partial charge in [0.1, 0.15) is 0 Å². The van der Waals surface area contributed by atoms with E-state index in [1.54, 1.807) is 12.1 Å². The number of hydrogen-bond acceptors (Lipinski definition) is 4. The average Bonchev–Trinajstić information content (AvgIpc) is 2.35. The molecule has 0 N–H and O–H groups in total. The number of rotatable bonds is 3. The molecule has 0 saturated heterocycles. The molecular formula is C11H13O4P. The summed E-state index contributed by atoms with van der Waals surface area (Å²) in [7, 11) is 5.13. The minimum absolute atomic E-state index is 0.350. The molecule has 0 aromatic heterocycles. The second-order valence-corrected chi connectivity index (χ2v) is 3.51. The van der Waals surface area contributed by atoms with E-state index >= 15 is 0 Å². The summed E-state index contributed by atoms with van der Waals surface area (Å²) in [5, 5.41) is 0. The standard InChI is InChI=1S/C11H13O4P/c1-14-10(12)8-3-7(6-16)4-9(5-8)11(13)15-2/h3-5H,6,16H2,1-2H3. The molecule has 0 aliphatic rings. The first-order chi connectivity index (χ1) is 7.62. The van der Waals surface area contributed by atoms with Crippen LogP contribution in [0.5, 0.6) is 0 Å². The smallest absolute Gasteiger partial charge is 0.337 e. The Kier molecular flexibility index (Phi) is 4.44. The first-order valence-corrected chi connectivity index (χ1v) is 5.44. The molecule has 0 amide bonds. The molecule has 4 nitrogen and oxygen atoms in total. The van der Waals surface area contributed by atoms with Crippen LogP contribution >= 0.6 is 9.24 Å². The van der Waals surface area contributed by atoms with Crippen molar-refractivity contribution in [2.24, 2.45) is 0 Å². The molecule has 1 rings (SSSR count). The summed E-state index contributed by atoms with van der Waals surface area (Å²) in [6.07, 6.45) is 0.648. The number of methoxy groups -OCH3 is 2. The van der Waals surface area contributed by atoms with Crippen LogP contribution in [0.1, 0.15) is 26.3 Å². The van der Waals surface area contributed by atoms with Crippen LogP contribution in [0.15, 0.2) is 18.2 Å². The molecule has 1 atom stereocenters. The van der Waals surface area contributed by atoms with E-state index in [1.807, 2.05) is 0 Å². The summed E-state index contributed by atoms with van der Waals surface area (Å²) in [5.74, 6) is -0.934. The van der Waals surface area contributed by atoms with Gasteiger partial charge in [0.25, 0.3) is 0 Å². The Hall–Kier alpha value is -1.41. The minimum atomic E-state index is -0.467. The van der Waals surface area contributed by atoms with Crippen molar-refractivity contribution in [2.75, 3.05) is 14.2 Å². The molecule has 0 heterocycles. The van der Waals surface area contributed by atoms with Crippen LogP contribution in [-0.4, -0.2) is 26.2 Å². The van der Waals surface area contributed by atoms with E-state index in [4.69, 9.17) is 0 Å². The van der Waals surface area contributed by atoms with Crippen molar-refractivity contribution in [2.45, 2.75) is 6.16 Å². The van der Waals surface area contributed by atoms with Gasteiger partial charge in [0.15, 0.2) is 0 Å². The zero-order valence-electron chi connectivity index (χ0n) is 9.15. The summed E-state index contributed by atoms with van der Waals surface area (Å²) in [4.78, 5) is 22.7. The molecule has 0 bridgehead atoms. The van der Waals surface area contributed by atoms with Crippen molar-refractivity contribution < 1.29 is 19.1 Å². The van der Waals surface area contributed by atoms with Gasteiger partial charge in [-0.05, 0) is 29.9 Å². The molecule has 1 aromatic carbocycles. The fourth-order valence-electron chi connectivity index (χ4n) is 1.28. The molecule has 0 aliphatic heterocycles. The van der Waals surface area contributed by atoms with Crippen LogP contribution in [0.4, 0.5) is 0 Å². The Labute approximate surface area is 96.1 Å². The summed E-state index contributed by atoms with van der Waals surface area (Å²) in [6, 6.07) is 4.83. The van der Waals surface area contributed by atoms with E-state index in [0.717, 1.165) is 5.56 Å². The molecule has 86 valence electrons. The van der Waals surface area contributed by atoms with Crippen molar-refractivity contribution in [3.63, 3.8) is 0 Å². The normalized spacial score (nSPS) is 9.69. The Morgan fingerprint density at radius 3 is 1.81 bits per heavy atom. The first kappa shape index (κ1) is 12.7. The van der Waals surface area contributed by atoms with E-state index in [0.29, 0.717) is 17.3 Å². The molecule has 5 heteroatoms. The highest BCUT2D eigenvalue weighted by Gasteiger charge is 2.12. The van der Waals surface area contributed by atoms with Gasteiger partial charge in [-0.15, -0.1) is 9.24 Å². The third kappa shape index (κ3) is 2.80. The molecule has 1 unspecified atom stereocenters. The molecule has 0 spiro atoms. The van der Waals surface area contributed by atoms with Gasteiger partial charge in [-0.1, -0.05) is 0 Å². The molecule has 0 saturated carbocycles. The fraction of sp³-hybridized carbons (Fsp3) is 0.273. The van der Waals surface area contributed by atoms with Gasteiger partial charge in [0.05, 0.1) is 25.3 Å². The van der Waals surface area contributed by atoms with Crippen molar-refractivity contribution in [3.05, 3.63) is 34.9 Å². The molecule has 1 aromatic rings. The van der Waals surface area contributed by atoms with E-state index in [1.165, 1.54) is 20.3 Å². The number of hydrogen-bond donors (Lipinski definition) is 0. The predicted molar refractivity (Wildman–Crippen MR) is 62.5 cm³/mol. The van der Waals surface area contributed by atoms with Crippen LogP contribution in [0.3, 0.4) is 0 Å². The van der Waals surface area contributed by atoms with Crippen molar-refractivity contribution in [3.8, 4) is 0 Å². The lowest BCUT2D eigenvalue weighted by Gasteiger charge is -2.06. The highest BCUT2D eigenvalue weighted by Crippen LogP contribution is 2.15. The summed E-state index contributed by atoms with van der Waals surface area (Å²) < 4.78 is 9.21. The number of carbonyl (C=O) groups excluding carboxylic acids is 2. The molecule has 16 heavy (non-hydrogen) atoms. The largest absolute Gasteiger partial charge is 0.465 e. The number of ether oxygens (including phenoxy) is 2. The second kappa shape index (κ2) is 5.61. The maximum absolute atomic E-state index is 11.4. The third-order valence-electron chi connectivity index (χ3n) is 2.07. The van der Waals surface area contributed by atoms with Crippen LogP contribution in [-0.2, 0) is 15.6 Å². The lowest BCUT2D eigenvalue weighted by atomic mass is 10.1. The summed E-state index contributed by atoms with van der Waals surface area (Å²) in [6.45, 7) is 0. The van der Waals surface area contributed by atoms with Gasteiger partial charge in [0.2, 0.25) is 0 Å². The van der Waals surface area contributed by atoms with Gasteiger partial charge in [-0.2, -0.15) is 0 Å². The van der Waals surface area contributed by atoms with Crippen molar-refractivity contribution in [1.82, 2.24) is 0 Å². The predicted octanol–water partition coefficient (Wildman–Crippen LogP) is 1.63. The fourth-order valence-corrected chi connectivity index (χ4v) is 1.52. The van der Waals surface area contributed by atoms with E-state index < -0.39 is 11.9 Å². The highest BCUT2D eigenvalue weighted by atomic mass is 31.0. The Morgan fingerprint density at radius 2 is 1.50 bits per heavy atom. The lowest BCUT2D eigenvalue weighted by Crippen LogP contribution is -2.07. The van der Waals surface area contributed by atoms with Gasteiger partial charge in [-0.3, -0.25) is 0 Å². The summed E-state index contributed by atoms with van der Waals surface area (Å²) >= 11 is 0. The molecular weight excluding hydrogens is 227 g/mol. The van der Waals surface area contributed by atoms with E-state index in [2.05, 4.69) is 18.7 Å². The zero-order valence-corrected chi connectivity index (χ0v) is 10.3. The maximum Gasteiger partial charge on any atom is 0.337 e. The second-order valence-electron chi connectivity index (χ2n) is 3.11. The molecule has 0 aliphatic carbocycles. The van der Waals surface area contributed by atoms with E-state index in [9.17, 15) is 9.59 Å².